The fourth-order valence-corrected chi connectivity index (χ4v) is 2.79. The summed E-state index contributed by atoms with van der Waals surface area (Å²) in [7, 11) is 0. The van der Waals surface area contributed by atoms with Gasteiger partial charge in [-0.2, -0.15) is 0 Å². The molecule has 0 aromatic rings. The number of hydrogen-bond donors (Lipinski definition) is 2. The van der Waals surface area contributed by atoms with Gasteiger partial charge in [-0.05, 0) is 51.0 Å². The Hall–Kier alpha value is -1.03. The van der Waals surface area contributed by atoms with E-state index in [1.165, 1.54) is 25.0 Å². The van der Waals surface area contributed by atoms with E-state index in [1.807, 2.05) is 4.90 Å². The number of likely N-dealkylation sites (tertiary alicyclic amines) is 1. The summed E-state index contributed by atoms with van der Waals surface area (Å²) >= 11 is 0. The van der Waals surface area contributed by atoms with Crippen molar-refractivity contribution < 1.29 is 4.79 Å². The Bertz CT molecular complexity index is 301. The van der Waals surface area contributed by atoms with Gasteiger partial charge in [0.2, 0.25) is 0 Å². The molecule has 0 aromatic carbocycles. The predicted octanol–water partition coefficient (Wildman–Crippen LogP) is 1.82. The zero-order valence-electron chi connectivity index (χ0n) is 10.5. The summed E-state index contributed by atoms with van der Waals surface area (Å²) in [5.41, 5.74) is 6.69. The van der Waals surface area contributed by atoms with Gasteiger partial charge in [0, 0.05) is 18.8 Å². The van der Waals surface area contributed by atoms with Crippen LogP contribution in [-0.2, 0) is 0 Å². The first-order chi connectivity index (χ1) is 8.33. The highest BCUT2D eigenvalue weighted by Crippen LogP contribution is 2.34. The topological polar surface area (TPSA) is 58.4 Å². The van der Waals surface area contributed by atoms with Crippen LogP contribution < -0.4 is 11.1 Å². The van der Waals surface area contributed by atoms with E-state index in [-0.39, 0.29) is 6.03 Å². The lowest BCUT2D eigenvalue weighted by molar-refractivity contribution is 0.188. The molecular formula is C13H23N3O. The van der Waals surface area contributed by atoms with Crippen LogP contribution in [0, 0.1) is 5.92 Å². The average Bonchev–Trinajstić information content (AvgIpc) is 2.38. The van der Waals surface area contributed by atoms with Crippen molar-refractivity contribution in [3.8, 4) is 0 Å². The van der Waals surface area contributed by atoms with E-state index >= 15 is 0 Å². The summed E-state index contributed by atoms with van der Waals surface area (Å²) in [4.78, 5) is 14.0. The number of nitrogens with one attached hydrogen (secondary N) is 1. The third-order valence-corrected chi connectivity index (χ3v) is 3.68. The number of carbonyl (C=O) groups excluding carboxylic acids is 1. The zero-order chi connectivity index (χ0) is 12.1. The van der Waals surface area contributed by atoms with Crippen molar-refractivity contribution in [3.05, 3.63) is 11.8 Å². The molecule has 1 aliphatic heterocycles. The largest absolute Gasteiger partial charge is 0.338 e. The summed E-state index contributed by atoms with van der Waals surface area (Å²) in [5.74, 6) is 0.623. The first kappa shape index (κ1) is 12.4. The van der Waals surface area contributed by atoms with Gasteiger partial charge in [-0.3, -0.25) is 4.90 Å². The second-order valence-corrected chi connectivity index (χ2v) is 4.92. The number of carbonyl (C=O) groups is 1. The fourth-order valence-electron chi connectivity index (χ4n) is 2.79. The average molecular weight is 237 g/mol. The number of hydrogen-bond acceptors (Lipinski definition) is 2. The Kier molecular flexibility index (Phi) is 4.42. The molecule has 1 unspecified atom stereocenters. The molecule has 2 amide bonds. The van der Waals surface area contributed by atoms with E-state index in [1.54, 1.807) is 0 Å². The van der Waals surface area contributed by atoms with E-state index in [0.29, 0.717) is 19.0 Å². The minimum Gasteiger partial charge on any atom is -0.338 e. The minimum absolute atomic E-state index is 0.0660. The van der Waals surface area contributed by atoms with Crippen LogP contribution in [0.4, 0.5) is 4.79 Å². The van der Waals surface area contributed by atoms with E-state index in [9.17, 15) is 4.79 Å². The lowest BCUT2D eigenvalue weighted by Gasteiger charge is -2.37. The Balaban J connectivity index is 1.94. The molecule has 2 rings (SSSR count). The van der Waals surface area contributed by atoms with E-state index in [0.717, 1.165) is 25.8 Å². The Morgan fingerprint density at radius 2 is 2.29 bits per heavy atom. The number of urea groups is 1. The van der Waals surface area contributed by atoms with Gasteiger partial charge >= 0.3 is 6.03 Å². The monoisotopic (exact) mass is 237 g/mol. The van der Waals surface area contributed by atoms with Crippen molar-refractivity contribution in [2.75, 3.05) is 19.6 Å². The molecule has 96 valence electrons. The second-order valence-electron chi connectivity index (χ2n) is 4.92. The lowest BCUT2D eigenvalue weighted by Crippen LogP contribution is -2.45. The fraction of sp³-hybridized carbons (Fsp3) is 0.769. The van der Waals surface area contributed by atoms with Crippen LogP contribution in [0.3, 0.4) is 0 Å². The summed E-state index contributed by atoms with van der Waals surface area (Å²) in [6.45, 7) is 2.19. The van der Waals surface area contributed by atoms with Crippen molar-refractivity contribution in [1.29, 1.82) is 0 Å². The summed E-state index contributed by atoms with van der Waals surface area (Å²) in [6, 6.07) is 0.0660. The van der Waals surface area contributed by atoms with Crippen molar-refractivity contribution in [1.82, 2.24) is 10.2 Å². The number of allylic oxidation sites excluding steroid dienone is 2. The van der Waals surface area contributed by atoms with Gasteiger partial charge < -0.3 is 11.1 Å². The smallest absolute Gasteiger partial charge is 0.321 e. The van der Waals surface area contributed by atoms with Crippen molar-refractivity contribution in [3.63, 3.8) is 0 Å². The first-order valence-electron chi connectivity index (χ1n) is 6.78. The molecule has 3 N–H and O–H groups in total. The van der Waals surface area contributed by atoms with Crippen LogP contribution in [-0.4, -0.2) is 30.6 Å². The SMILES string of the molecule is NCCCNC(=O)N1CCCC2CCCC=C21. The summed E-state index contributed by atoms with van der Waals surface area (Å²) in [6.07, 6.45) is 9.14. The second kappa shape index (κ2) is 6.05. The van der Waals surface area contributed by atoms with Crippen LogP contribution in [0.1, 0.15) is 38.5 Å². The third-order valence-electron chi connectivity index (χ3n) is 3.68. The highest BCUT2D eigenvalue weighted by Gasteiger charge is 2.29. The standard InChI is InChI=1S/C13H23N3O/c14-8-4-9-15-13(17)16-10-3-6-11-5-1-2-7-12(11)16/h7,11H,1-6,8-10,14H2,(H,15,17). The molecule has 0 aromatic heterocycles. The maximum absolute atomic E-state index is 12.1. The molecule has 0 saturated carbocycles. The molecule has 0 bridgehead atoms. The number of rotatable bonds is 3. The van der Waals surface area contributed by atoms with Gasteiger partial charge in [-0.15, -0.1) is 0 Å². The third kappa shape index (κ3) is 3.00. The van der Waals surface area contributed by atoms with Gasteiger partial charge in [-0.25, -0.2) is 4.79 Å². The molecule has 1 saturated heterocycles. The molecule has 2 aliphatic rings. The van der Waals surface area contributed by atoms with Gasteiger partial charge in [0.25, 0.3) is 0 Å². The molecule has 0 radical (unpaired) electrons. The van der Waals surface area contributed by atoms with E-state index in [4.69, 9.17) is 5.73 Å². The number of piperidine rings is 1. The Morgan fingerprint density at radius 3 is 3.12 bits per heavy atom. The molecule has 1 heterocycles. The maximum atomic E-state index is 12.1. The van der Waals surface area contributed by atoms with E-state index < -0.39 is 0 Å². The maximum Gasteiger partial charge on any atom is 0.321 e. The molecule has 4 heteroatoms. The summed E-state index contributed by atoms with van der Waals surface area (Å²) < 4.78 is 0. The molecule has 1 aliphatic carbocycles. The van der Waals surface area contributed by atoms with Crippen LogP contribution in [0.25, 0.3) is 0 Å². The van der Waals surface area contributed by atoms with Gasteiger partial charge in [-0.1, -0.05) is 6.08 Å². The van der Waals surface area contributed by atoms with Crippen LogP contribution in [0.15, 0.2) is 11.8 Å². The number of amides is 2. The van der Waals surface area contributed by atoms with Crippen LogP contribution >= 0.6 is 0 Å². The molecular weight excluding hydrogens is 214 g/mol. The summed E-state index contributed by atoms with van der Waals surface area (Å²) in [5, 5.41) is 2.95. The predicted molar refractivity (Wildman–Crippen MR) is 68.4 cm³/mol. The highest BCUT2D eigenvalue weighted by atomic mass is 16.2. The highest BCUT2D eigenvalue weighted by molar-refractivity contribution is 5.76. The molecule has 17 heavy (non-hydrogen) atoms. The quantitative estimate of drug-likeness (QED) is 0.736. The van der Waals surface area contributed by atoms with Gasteiger partial charge in [0.1, 0.15) is 0 Å². The lowest BCUT2D eigenvalue weighted by atomic mass is 9.85. The van der Waals surface area contributed by atoms with E-state index in [2.05, 4.69) is 11.4 Å². The zero-order valence-corrected chi connectivity index (χ0v) is 10.5. The number of fused-ring (bicyclic) bond motifs is 1. The van der Waals surface area contributed by atoms with Crippen LogP contribution in [0.5, 0.6) is 0 Å². The molecule has 0 spiro atoms. The normalized spacial score (nSPS) is 23.9. The van der Waals surface area contributed by atoms with Crippen molar-refractivity contribution >= 4 is 6.03 Å². The van der Waals surface area contributed by atoms with Gasteiger partial charge in [0.15, 0.2) is 0 Å². The number of nitrogens with two attached hydrogens (primary N) is 1. The Morgan fingerprint density at radius 1 is 1.47 bits per heavy atom. The molecule has 1 atom stereocenters. The van der Waals surface area contributed by atoms with Crippen molar-refractivity contribution in [2.24, 2.45) is 11.7 Å². The first-order valence-corrected chi connectivity index (χ1v) is 6.78. The number of nitrogens with zero attached hydrogens (tertiary/aromatic N) is 1. The van der Waals surface area contributed by atoms with Gasteiger partial charge in [0.05, 0.1) is 0 Å². The molecule has 4 nitrogen and oxygen atoms in total. The van der Waals surface area contributed by atoms with Crippen LogP contribution in [0.2, 0.25) is 0 Å². The van der Waals surface area contributed by atoms with Crippen molar-refractivity contribution in [2.45, 2.75) is 38.5 Å². The Labute approximate surface area is 103 Å². The minimum atomic E-state index is 0.0660. The molecule has 1 fully saturated rings.